The lowest BCUT2D eigenvalue weighted by molar-refractivity contribution is -0.141. The lowest BCUT2D eigenvalue weighted by Crippen LogP contribution is -2.49. The Balaban J connectivity index is 2.21. The van der Waals surface area contributed by atoms with Crippen LogP contribution in [0.4, 0.5) is 14.5 Å². The summed E-state index contributed by atoms with van der Waals surface area (Å²) in [6.07, 6.45) is 3.15. The Labute approximate surface area is 224 Å². The van der Waals surface area contributed by atoms with Gasteiger partial charge in [-0.1, -0.05) is 32.4 Å². The number of hydrogen-bond donors (Lipinski definition) is 1. The molecule has 1 N–H and O–H groups in total. The van der Waals surface area contributed by atoms with E-state index < -0.39 is 27.7 Å². The second-order valence-corrected chi connectivity index (χ2v) is 10.9. The van der Waals surface area contributed by atoms with Gasteiger partial charge in [0.05, 0.1) is 19.1 Å². The van der Waals surface area contributed by atoms with Gasteiger partial charge in [-0.05, 0) is 49.1 Å². The van der Waals surface area contributed by atoms with Gasteiger partial charge < -0.3 is 15.0 Å². The van der Waals surface area contributed by atoms with E-state index in [2.05, 4.69) is 5.32 Å². The summed E-state index contributed by atoms with van der Waals surface area (Å²) < 4.78 is 57.9. The third kappa shape index (κ3) is 8.97. The highest BCUT2D eigenvalue weighted by molar-refractivity contribution is 7.92. The highest BCUT2D eigenvalue weighted by atomic mass is 32.2. The van der Waals surface area contributed by atoms with E-state index in [1.165, 1.54) is 11.0 Å². The topological polar surface area (TPSA) is 96.0 Å². The molecule has 2 amide bonds. The van der Waals surface area contributed by atoms with Crippen LogP contribution >= 0.6 is 0 Å². The minimum Gasteiger partial charge on any atom is -0.497 e. The van der Waals surface area contributed by atoms with Crippen LogP contribution in [0, 0.1) is 11.6 Å². The molecule has 11 heteroatoms. The van der Waals surface area contributed by atoms with Crippen molar-refractivity contribution in [2.75, 3.05) is 30.8 Å². The van der Waals surface area contributed by atoms with E-state index in [-0.39, 0.29) is 43.4 Å². The SMILES string of the molecule is CCCCNC(=O)[C@H](CC)N(Cc1ccc(OC)cc1)C(=O)CCCN(c1ccc(F)c(F)c1)S(C)(=O)=O. The summed E-state index contributed by atoms with van der Waals surface area (Å²) >= 11 is 0. The molecule has 38 heavy (non-hydrogen) atoms. The highest BCUT2D eigenvalue weighted by Gasteiger charge is 2.29. The molecule has 8 nitrogen and oxygen atoms in total. The van der Waals surface area contributed by atoms with Gasteiger partial charge in [0.15, 0.2) is 11.6 Å². The molecule has 0 radical (unpaired) electrons. The third-order valence-corrected chi connectivity index (χ3v) is 7.26. The molecule has 0 heterocycles. The maximum Gasteiger partial charge on any atom is 0.242 e. The molecule has 0 aliphatic rings. The number of carbonyl (C=O) groups is 2. The smallest absolute Gasteiger partial charge is 0.242 e. The molecule has 0 aliphatic heterocycles. The Morgan fingerprint density at radius 2 is 1.71 bits per heavy atom. The number of anilines is 1. The summed E-state index contributed by atoms with van der Waals surface area (Å²) in [7, 11) is -2.27. The van der Waals surface area contributed by atoms with Crippen molar-refractivity contribution in [3.63, 3.8) is 0 Å². The van der Waals surface area contributed by atoms with Crippen molar-refractivity contribution in [3.8, 4) is 5.75 Å². The van der Waals surface area contributed by atoms with Crippen molar-refractivity contribution < 1.29 is 31.5 Å². The van der Waals surface area contributed by atoms with Crippen molar-refractivity contribution in [1.29, 1.82) is 0 Å². The number of sulfonamides is 1. The van der Waals surface area contributed by atoms with Gasteiger partial charge >= 0.3 is 0 Å². The number of hydrogen-bond acceptors (Lipinski definition) is 5. The Kier molecular flexibility index (Phi) is 12.0. The predicted molar refractivity (Wildman–Crippen MR) is 143 cm³/mol. The first-order chi connectivity index (χ1) is 18.0. The van der Waals surface area contributed by atoms with Crippen molar-refractivity contribution >= 4 is 27.5 Å². The van der Waals surface area contributed by atoms with Gasteiger partial charge in [-0.3, -0.25) is 13.9 Å². The molecular weight excluding hydrogens is 516 g/mol. The van der Waals surface area contributed by atoms with Crippen LogP contribution in [0.1, 0.15) is 51.5 Å². The van der Waals surface area contributed by atoms with Crippen LogP contribution in [0.15, 0.2) is 42.5 Å². The molecule has 210 valence electrons. The minimum absolute atomic E-state index is 0.0318. The standard InChI is InChI=1S/C27H37F2N3O5S/c1-5-7-16-30-27(34)25(6-2)31(19-20-10-13-22(37-3)14-11-20)26(33)9-8-17-32(38(4,35)36)21-12-15-23(28)24(29)18-21/h10-15,18,25H,5-9,16-17,19H2,1-4H3,(H,30,34)/t25-/m0/s1. The molecule has 0 saturated carbocycles. The fourth-order valence-electron chi connectivity index (χ4n) is 4.00. The molecular formula is C27H37F2N3O5S. The molecule has 0 saturated heterocycles. The molecule has 1 atom stereocenters. The van der Waals surface area contributed by atoms with E-state index in [4.69, 9.17) is 4.74 Å². The van der Waals surface area contributed by atoms with Crippen LogP contribution in [0.2, 0.25) is 0 Å². The molecule has 2 aromatic rings. The number of carbonyl (C=O) groups excluding carboxylic acids is 2. The van der Waals surface area contributed by atoms with Gasteiger partial charge in [0.25, 0.3) is 0 Å². The Bertz CT molecular complexity index is 1180. The summed E-state index contributed by atoms with van der Waals surface area (Å²) in [4.78, 5) is 27.9. The lowest BCUT2D eigenvalue weighted by Gasteiger charge is -2.31. The molecule has 0 aromatic heterocycles. The second kappa shape index (κ2) is 14.7. The van der Waals surface area contributed by atoms with Crippen LogP contribution in [0.3, 0.4) is 0 Å². The number of methoxy groups -OCH3 is 1. The van der Waals surface area contributed by atoms with E-state index in [1.807, 2.05) is 26.0 Å². The molecule has 2 rings (SSSR count). The first-order valence-electron chi connectivity index (χ1n) is 12.6. The Hall–Kier alpha value is -3.21. The Morgan fingerprint density at radius 1 is 1.03 bits per heavy atom. The zero-order chi connectivity index (χ0) is 28.3. The molecule has 2 aromatic carbocycles. The van der Waals surface area contributed by atoms with E-state index in [9.17, 15) is 26.8 Å². The van der Waals surface area contributed by atoms with Gasteiger partial charge in [0.2, 0.25) is 21.8 Å². The predicted octanol–water partition coefficient (Wildman–Crippen LogP) is 4.24. The molecule has 0 aliphatic carbocycles. The fraction of sp³-hybridized carbons (Fsp3) is 0.481. The average Bonchev–Trinajstić information content (AvgIpc) is 2.88. The number of amides is 2. The zero-order valence-electron chi connectivity index (χ0n) is 22.4. The number of halogens is 2. The summed E-state index contributed by atoms with van der Waals surface area (Å²) in [6.45, 7) is 4.41. The number of nitrogens with one attached hydrogen (secondary N) is 1. The lowest BCUT2D eigenvalue weighted by atomic mass is 10.1. The normalized spacial score (nSPS) is 12.1. The number of ether oxygens (including phenoxy) is 1. The summed E-state index contributed by atoms with van der Waals surface area (Å²) in [6, 6.07) is 9.29. The van der Waals surface area contributed by atoms with Crippen LogP contribution in [-0.2, 0) is 26.2 Å². The number of unbranched alkanes of at least 4 members (excludes halogenated alkanes) is 1. The van der Waals surface area contributed by atoms with Crippen LogP contribution in [-0.4, -0.2) is 57.6 Å². The van der Waals surface area contributed by atoms with E-state index in [0.29, 0.717) is 18.7 Å². The summed E-state index contributed by atoms with van der Waals surface area (Å²) in [5, 5.41) is 2.89. The van der Waals surface area contributed by atoms with E-state index in [0.717, 1.165) is 41.1 Å². The monoisotopic (exact) mass is 553 g/mol. The summed E-state index contributed by atoms with van der Waals surface area (Å²) in [5.74, 6) is -2.17. The van der Waals surface area contributed by atoms with Crippen LogP contribution in [0.25, 0.3) is 0 Å². The van der Waals surface area contributed by atoms with Gasteiger partial charge in [0, 0.05) is 32.1 Å². The van der Waals surface area contributed by atoms with E-state index >= 15 is 0 Å². The second-order valence-electron chi connectivity index (χ2n) is 8.98. The molecule has 0 fully saturated rings. The van der Waals surface area contributed by atoms with E-state index in [1.54, 1.807) is 19.2 Å². The number of nitrogens with zero attached hydrogens (tertiary/aromatic N) is 2. The maximum atomic E-state index is 13.8. The first-order valence-corrected chi connectivity index (χ1v) is 14.5. The van der Waals surface area contributed by atoms with Crippen molar-refractivity contribution in [2.24, 2.45) is 0 Å². The maximum absolute atomic E-state index is 13.8. The van der Waals surface area contributed by atoms with Crippen LogP contribution < -0.4 is 14.4 Å². The fourth-order valence-corrected chi connectivity index (χ4v) is 4.95. The highest BCUT2D eigenvalue weighted by Crippen LogP contribution is 2.22. The average molecular weight is 554 g/mol. The van der Waals surface area contributed by atoms with Gasteiger partial charge in [0.1, 0.15) is 11.8 Å². The zero-order valence-corrected chi connectivity index (χ0v) is 23.2. The Morgan fingerprint density at radius 3 is 2.26 bits per heavy atom. The van der Waals surface area contributed by atoms with Crippen molar-refractivity contribution in [2.45, 2.75) is 58.5 Å². The molecule has 0 spiro atoms. The third-order valence-electron chi connectivity index (χ3n) is 6.07. The van der Waals surface area contributed by atoms with Crippen molar-refractivity contribution in [1.82, 2.24) is 10.2 Å². The largest absolute Gasteiger partial charge is 0.497 e. The van der Waals surface area contributed by atoms with Gasteiger partial charge in [-0.2, -0.15) is 0 Å². The van der Waals surface area contributed by atoms with Gasteiger partial charge in [-0.25, -0.2) is 17.2 Å². The van der Waals surface area contributed by atoms with Crippen molar-refractivity contribution in [3.05, 3.63) is 59.7 Å². The number of benzene rings is 2. The quantitative estimate of drug-likeness (QED) is 0.333. The van der Waals surface area contributed by atoms with Gasteiger partial charge in [-0.15, -0.1) is 0 Å². The summed E-state index contributed by atoms with van der Waals surface area (Å²) in [5.41, 5.74) is 0.772. The molecule has 0 bridgehead atoms. The minimum atomic E-state index is -3.82. The first kappa shape index (κ1) is 31.0. The number of rotatable bonds is 15. The molecule has 0 unspecified atom stereocenters. The van der Waals surface area contributed by atoms with Crippen LogP contribution in [0.5, 0.6) is 5.75 Å².